The van der Waals surface area contributed by atoms with Gasteiger partial charge in [-0.05, 0) is 31.7 Å². The molecule has 0 saturated carbocycles. The normalized spacial score (nSPS) is 27.0. The van der Waals surface area contributed by atoms with Crippen LogP contribution in [0.1, 0.15) is 33.6 Å². The van der Waals surface area contributed by atoms with Crippen molar-refractivity contribution in [3.05, 3.63) is 0 Å². The Morgan fingerprint density at radius 1 is 1.50 bits per heavy atom. The standard InChI is InChI=1S/C10H22N2/c1-9(11)7-12-6-4-5-10(2,3)8-12/h9H,4-8,11H2,1-3H3/t9-/m0/s1. The van der Waals surface area contributed by atoms with Gasteiger partial charge in [0, 0.05) is 19.1 Å². The molecule has 2 heteroatoms. The number of likely N-dealkylation sites (tertiary alicyclic amines) is 1. The Morgan fingerprint density at radius 2 is 2.17 bits per heavy atom. The summed E-state index contributed by atoms with van der Waals surface area (Å²) in [6.45, 7) is 10.3. The van der Waals surface area contributed by atoms with Gasteiger partial charge in [0.15, 0.2) is 0 Å². The van der Waals surface area contributed by atoms with E-state index in [1.54, 1.807) is 0 Å². The molecule has 0 aromatic heterocycles. The van der Waals surface area contributed by atoms with Gasteiger partial charge in [0.25, 0.3) is 0 Å². The number of rotatable bonds is 2. The topological polar surface area (TPSA) is 29.3 Å². The van der Waals surface area contributed by atoms with Crippen LogP contribution < -0.4 is 5.73 Å². The molecule has 1 rings (SSSR count). The largest absolute Gasteiger partial charge is 0.327 e. The predicted molar refractivity (Wildman–Crippen MR) is 53.1 cm³/mol. The fraction of sp³-hybridized carbons (Fsp3) is 1.00. The highest BCUT2D eigenvalue weighted by atomic mass is 15.1. The summed E-state index contributed by atoms with van der Waals surface area (Å²) in [5.74, 6) is 0. The third-order valence-electron chi connectivity index (χ3n) is 2.53. The van der Waals surface area contributed by atoms with Gasteiger partial charge in [-0.2, -0.15) is 0 Å². The van der Waals surface area contributed by atoms with Crippen LogP contribution in [-0.4, -0.2) is 30.6 Å². The highest BCUT2D eigenvalue weighted by molar-refractivity contribution is 4.80. The maximum atomic E-state index is 5.77. The molecule has 0 aromatic rings. The lowest BCUT2D eigenvalue weighted by Gasteiger charge is -2.38. The van der Waals surface area contributed by atoms with Crippen LogP contribution in [-0.2, 0) is 0 Å². The molecular weight excluding hydrogens is 148 g/mol. The van der Waals surface area contributed by atoms with E-state index in [9.17, 15) is 0 Å². The van der Waals surface area contributed by atoms with Gasteiger partial charge in [-0.3, -0.25) is 0 Å². The lowest BCUT2D eigenvalue weighted by atomic mass is 9.84. The van der Waals surface area contributed by atoms with Crippen LogP contribution in [0.15, 0.2) is 0 Å². The smallest absolute Gasteiger partial charge is 0.0139 e. The van der Waals surface area contributed by atoms with Gasteiger partial charge in [-0.25, -0.2) is 0 Å². The lowest BCUT2D eigenvalue weighted by Crippen LogP contribution is -2.44. The van der Waals surface area contributed by atoms with Crippen LogP contribution >= 0.6 is 0 Å². The molecule has 1 saturated heterocycles. The van der Waals surface area contributed by atoms with Gasteiger partial charge in [0.2, 0.25) is 0 Å². The SMILES string of the molecule is C[C@H](N)CN1CCCC(C)(C)C1. The summed E-state index contributed by atoms with van der Waals surface area (Å²) < 4.78 is 0. The molecule has 0 aromatic carbocycles. The fourth-order valence-electron chi connectivity index (χ4n) is 2.11. The van der Waals surface area contributed by atoms with Crippen LogP contribution in [0, 0.1) is 5.41 Å². The van der Waals surface area contributed by atoms with Crippen molar-refractivity contribution in [1.82, 2.24) is 4.90 Å². The second-order valence-electron chi connectivity index (χ2n) is 4.98. The molecule has 1 heterocycles. The first-order chi connectivity index (χ1) is 5.49. The molecule has 0 radical (unpaired) electrons. The first-order valence-corrected chi connectivity index (χ1v) is 4.97. The summed E-state index contributed by atoms with van der Waals surface area (Å²) in [4.78, 5) is 2.49. The van der Waals surface area contributed by atoms with Gasteiger partial charge in [-0.15, -0.1) is 0 Å². The average molecular weight is 170 g/mol. The molecule has 1 aliphatic rings. The Balaban J connectivity index is 2.36. The maximum Gasteiger partial charge on any atom is 0.0139 e. The van der Waals surface area contributed by atoms with Gasteiger partial charge >= 0.3 is 0 Å². The molecule has 2 N–H and O–H groups in total. The van der Waals surface area contributed by atoms with Crippen molar-refractivity contribution in [2.75, 3.05) is 19.6 Å². The van der Waals surface area contributed by atoms with Gasteiger partial charge < -0.3 is 10.6 Å². The van der Waals surface area contributed by atoms with E-state index in [0.29, 0.717) is 11.5 Å². The quantitative estimate of drug-likeness (QED) is 0.680. The van der Waals surface area contributed by atoms with E-state index in [1.165, 1.54) is 25.9 Å². The molecule has 0 bridgehead atoms. The van der Waals surface area contributed by atoms with Crippen molar-refractivity contribution in [3.8, 4) is 0 Å². The van der Waals surface area contributed by atoms with Crippen molar-refractivity contribution in [1.29, 1.82) is 0 Å². The second-order valence-corrected chi connectivity index (χ2v) is 4.98. The molecule has 1 fully saturated rings. The monoisotopic (exact) mass is 170 g/mol. The zero-order valence-electron chi connectivity index (χ0n) is 8.64. The van der Waals surface area contributed by atoms with E-state index >= 15 is 0 Å². The van der Waals surface area contributed by atoms with Crippen molar-refractivity contribution in [2.45, 2.75) is 39.7 Å². The minimum absolute atomic E-state index is 0.318. The first kappa shape index (κ1) is 10.0. The molecule has 0 unspecified atom stereocenters. The molecule has 1 atom stereocenters. The Bertz CT molecular complexity index is 141. The van der Waals surface area contributed by atoms with E-state index in [-0.39, 0.29) is 0 Å². The third kappa shape index (κ3) is 3.11. The Kier molecular flexibility index (Phi) is 3.13. The summed E-state index contributed by atoms with van der Waals surface area (Å²) in [6.07, 6.45) is 2.70. The molecule has 0 aliphatic carbocycles. The van der Waals surface area contributed by atoms with Crippen molar-refractivity contribution in [2.24, 2.45) is 11.1 Å². The minimum Gasteiger partial charge on any atom is -0.327 e. The molecule has 0 spiro atoms. The zero-order chi connectivity index (χ0) is 9.19. The summed E-state index contributed by atoms with van der Waals surface area (Å²) in [7, 11) is 0. The molecule has 2 nitrogen and oxygen atoms in total. The number of nitrogens with zero attached hydrogens (tertiary/aromatic N) is 1. The van der Waals surface area contributed by atoms with E-state index in [4.69, 9.17) is 5.73 Å². The zero-order valence-corrected chi connectivity index (χ0v) is 8.64. The van der Waals surface area contributed by atoms with Gasteiger partial charge in [0.05, 0.1) is 0 Å². The predicted octanol–water partition coefficient (Wildman–Crippen LogP) is 1.46. The van der Waals surface area contributed by atoms with Crippen molar-refractivity contribution in [3.63, 3.8) is 0 Å². The third-order valence-corrected chi connectivity index (χ3v) is 2.53. The average Bonchev–Trinajstić information content (AvgIpc) is 1.82. The molecule has 1 aliphatic heterocycles. The van der Waals surface area contributed by atoms with Crippen LogP contribution in [0.4, 0.5) is 0 Å². The van der Waals surface area contributed by atoms with Crippen molar-refractivity contribution < 1.29 is 0 Å². The van der Waals surface area contributed by atoms with E-state index in [0.717, 1.165) is 6.54 Å². The fourth-order valence-corrected chi connectivity index (χ4v) is 2.11. The van der Waals surface area contributed by atoms with Gasteiger partial charge in [-0.1, -0.05) is 13.8 Å². The first-order valence-electron chi connectivity index (χ1n) is 4.97. The van der Waals surface area contributed by atoms with Crippen LogP contribution in [0.3, 0.4) is 0 Å². The van der Waals surface area contributed by atoms with E-state index in [1.807, 2.05) is 0 Å². The van der Waals surface area contributed by atoms with Crippen LogP contribution in [0.5, 0.6) is 0 Å². The number of hydrogen-bond donors (Lipinski definition) is 1. The van der Waals surface area contributed by atoms with Crippen LogP contribution in [0.25, 0.3) is 0 Å². The van der Waals surface area contributed by atoms with Crippen LogP contribution in [0.2, 0.25) is 0 Å². The van der Waals surface area contributed by atoms with Crippen molar-refractivity contribution >= 4 is 0 Å². The Hall–Kier alpha value is -0.0800. The Morgan fingerprint density at radius 3 is 2.67 bits per heavy atom. The van der Waals surface area contributed by atoms with E-state index < -0.39 is 0 Å². The Labute approximate surface area is 76.1 Å². The summed E-state index contributed by atoms with van der Waals surface area (Å²) >= 11 is 0. The second kappa shape index (κ2) is 3.75. The number of piperidine rings is 1. The maximum absolute atomic E-state index is 5.77. The molecular formula is C10H22N2. The summed E-state index contributed by atoms with van der Waals surface area (Å²) in [5, 5.41) is 0. The number of nitrogens with two attached hydrogens (primary N) is 1. The summed E-state index contributed by atoms with van der Waals surface area (Å²) in [6, 6.07) is 0.318. The molecule has 12 heavy (non-hydrogen) atoms. The highest BCUT2D eigenvalue weighted by Gasteiger charge is 2.26. The lowest BCUT2D eigenvalue weighted by molar-refractivity contribution is 0.113. The minimum atomic E-state index is 0.318. The molecule has 72 valence electrons. The summed E-state index contributed by atoms with van der Waals surface area (Å²) in [5.41, 5.74) is 6.28. The highest BCUT2D eigenvalue weighted by Crippen LogP contribution is 2.28. The molecule has 0 amide bonds. The van der Waals surface area contributed by atoms with E-state index in [2.05, 4.69) is 25.7 Å². The van der Waals surface area contributed by atoms with Gasteiger partial charge in [0.1, 0.15) is 0 Å². The number of hydrogen-bond acceptors (Lipinski definition) is 2.